The predicted octanol–water partition coefficient (Wildman–Crippen LogP) is 3.94. The van der Waals surface area contributed by atoms with Gasteiger partial charge in [-0.25, -0.2) is 27.9 Å². The summed E-state index contributed by atoms with van der Waals surface area (Å²) in [5.74, 6) is 2.47. The summed E-state index contributed by atoms with van der Waals surface area (Å²) in [6.07, 6.45) is 4.98. The summed E-state index contributed by atoms with van der Waals surface area (Å²) in [6, 6.07) is 4.26. The number of hydrogen-bond donors (Lipinski definition) is 1. The number of sulfone groups is 1. The average Bonchev–Trinajstić information content (AvgIpc) is 3.24. The van der Waals surface area contributed by atoms with Gasteiger partial charge in [0.2, 0.25) is 0 Å². The SMILES string of the molecule is Cc1c(-c2[nH]c3ccc(/N=C4/CN4C4CCS(=O)(=O)CC4)nc3c2C(C)C)cn2ncnc2c1C. The van der Waals surface area contributed by atoms with Gasteiger partial charge in [-0.3, -0.25) is 0 Å². The second-order valence-corrected chi connectivity index (χ2v) is 12.3. The Kier molecular flexibility index (Phi) is 5.00. The van der Waals surface area contributed by atoms with E-state index >= 15 is 0 Å². The van der Waals surface area contributed by atoms with Crippen LogP contribution in [0.5, 0.6) is 0 Å². The Bertz CT molecular complexity index is 1600. The van der Waals surface area contributed by atoms with Crippen molar-refractivity contribution >= 4 is 38.2 Å². The molecule has 4 aromatic heterocycles. The molecule has 0 radical (unpaired) electrons. The van der Waals surface area contributed by atoms with E-state index in [9.17, 15) is 8.42 Å². The van der Waals surface area contributed by atoms with Crippen molar-refractivity contribution in [2.45, 2.75) is 52.5 Å². The topological polar surface area (TPSA) is 108 Å². The third kappa shape index (κ3) is 3.80. The highest BCUT2D eigenvalue weighted by molar-refractivity contribution is 7.91. The molecular formula is C25H29N7O2S. The van der Waals surface area contributed by atoms with Crippen LogP contribution < -0.4 is 0 Å². The Morgan fingerprint density at radius 3 is 2.66 bits per heavy atom. The lowest BCUT2D eigenvalue weighted by Gasteiger charge is -2.22. The normalized spacial score (nSPS) is 19.5. The fourth-order valence-corrected chi connectivity index (χ4v) is 6.71. The van der Waals surface area contributed by atoms with Crippen molar-refractivity contribution in [2.75, 3.05) is 18.1 Å². The summed E-state index contributed by atoms with van der Waals surface area (Å²) in [7, 11) is -2.86. The summed E-state index contributed by atoms with van der Waals surface area (Å²) in [5.41, 5.74) is 8.37. The molecule has 10 heteroatoms. The van der Waals surface area contributed by atoms with Crippen molar-refractivity contribution in [3.05, 3.63) is 41.3 Å². The molecule has 0 atom stereocenters. The molecule has 2 aliphatic rings. The number of amidine groups is 1. The predicted molar refractivity (Wildman–Crippen MR) is 137 cm³/mol. The number of aromatic nitrogens is 5. The molecule has 0 unspecified atom stereocenters. The number of aryl methyl sites for hydroxylation is 1. The summed E-state index contributed by atoms with van der Waals surface area (Å²) in [6.45, 7) is 9.36. The van der Waals surface area contributed by atoms with E-state index in [4.69, 9.17) is 9.98 Å². The van der Waals surface area contributed by atoms with Gasteiger partial charge in [-0.15, -0.1) is 0 Å². The van der Waals surface area contributed by atoms with Crippen LogP contribution in [0.15, 0.2) is 29.6 Å². The molecule has 2 saturated heterocycles. The van der Waals surface area contributed by atoms with Crippen molar-refractivity contribution in [2.24, 2.45) is 4.99 Å². The maximum atomic E-state index is 11.7. The number of nitrogens with zero attached hydrogens (tertiary/aromatic N) is 6. The molecule has 0 amide bonds. The molecule has 4 aromatic rings. The van der Waals surface area contributed by atoms with Gasteiger partial charge in [0.05, 0.1) is 34.8 Å². The van der Waals surface area contributed by atoms with Gasteiger partial charge in [-0.05, 0) is 55.9 Å². The molecule has 0 saturated carbocycles. The first-order chi connectivity index (χ1) is 16.7. The Balaban J connectivity index is 1.37. The van der Waals surface area contributed by atoms with Gasteiger partial charge in [0.1, 0.15) is 22.0 Å². The van der Waals surface area contributed by atoms with Crippen LogP contribution in [0.4, 0.5) is 5.82 Å². The first-order valence-electron chi connectivity index (χ1n) is 12.1. The van der Waals surface area contributed by atoms with Crippen molar-refractivity contribution in [3.63, 3.8) is 0 Å². The van der Waals surface area contributed by atoms with E-state index in [0.717, 1.165) is 51.4 Å². The Labute approximate surface area is 204 Å². The number of hydrogen-bond acceptors (Lipinski definition) is 6. The minimum Gasteiger partial charge on any atom is -0.353 e. The van der Waals surface area contributed by atoms with Crippen molar-refractivity contribution < 1.29 is 8.42 Å². The number of aliphatic imine (C=N–C) groups is 1. The fourth-order valence-electron chi connectivity index (χ4n) is 5.24. The lowest BCUT2D eigenvalue weighted by molar-refractivity contribution is 0.396. The Hall–Kier alpha value is -3.27. The minimum absolute atomic E-state index is 0.252. The second-order valence-electron chi connectivity index (χ2n) is 9.99. The van der Waals surface area contributed by atoms with Crippen LogP contribution in [-0.2, 0) is 9.84 Å². The van der Waals surface area contributed by atoms with Gasteiger partial charge in [0, 0.05) is 23.4 Å². The largest absolute Gasteiger partial charge is 0.353 e. The zero-order valence-corrected chi connectivity index (χ0v) is 21.2. The quantitative estimate of drug-likeness (QED) is 0.433. The maximum Gasteiger partial charge on any atom is 0.158 e. The number of rotatable bonds is 4. The number of aromatic amines is 1. The van der Waals surface area contributed by atoms with Gasteiger partial charge in [0.15, 0.2) is 11.5 Å². The smallest absolute Gasteiger partial charge is 0.158 e. The van der Waals surface area contributed by atoms with Gasteiger partial charge >= 0.3 is 0 Å². The summed E-state index contributed by atoms with van der Waals surface area (Å²) in [4.78, 5) is 20.0. The van der Waals surface area contributed by atoms with Gasteiger partial charge in [-0.1, -0.05) is 13.8 Å². The maximum absolute atomic E-state index is 11.7. The van der Waals surface area contributed by atoms with E-state index in [1.807, 2.05) is 22.8 Å². The first-order valence-corrected chi connectivity index (χ1v) is 13.9. The highest BCUT2D eigenvalue weighted by Crippen LogP contribution is 2.38. The van der Waals surface area contributed by atoms with Crippen LogP contribution in [0.2, 0.25) is 0 Å². The standard InChI is InChI=1S/C25H29N7O2S/c1-14(2)22-23(18-11-32-25(26-13-27-32)16(4)15(18)3)28-19-5-6-20(30-24(19)22)29-21-12-31(21)17-7-9-35(33,34)10-8-17/h5-6,11,13-14,17,28H,7-10,12H2,1-4H3/b29-21-. The van der Waals surface area contributed by atoms with Crippen LogP contribution in [-0.4, -0.2) is 67.8 Å². The summed E-state index contributed by atoms with van der Waals surface area (Å²) >= 11 is 0. The van der Waals surface area contributed by atoms with Crippen LogP contribution in [0.25, 0.3) is 27.9 Å². The third-order valence-corrected chi connectivity index (χ3v) is 9.10. The molecule has 0 spiro atoms. The molecule has 2 aliphatic heterocycles. The zero-order chi connectivity index (χ0) is 24.5. The van der Waals surface area contributed by atoms with Crippen LogP contribution in [0, 0.1) is 13.8 Å². The van der Waals surface area contributed by atoms with Crippen molar-refractivity contribution in [1.29, 1.82) is 0 Å². The lowest BCUT2D eigenvalue weighted by Crippen LogP contribution is -2.32. The third-order valence-electron chi connectivity index (χ3n) is 7.39. The van der Waals surface area contributed by atoms with Crippen molar-refractivity contribution in [3.8, 4) is 11.3 Å². The lowest BCUT2D eigenvalue weighted by atomic mass is 9.95. The molecule has 1 N–H and O–H groups in total. The van der Waals surface area contributed by atoms with Crippen LogP contribution in [0.1, 0.15) is 49.3 Å². The number of pyridine rings is 2. The first kappa shape index (κ1) is 22.2. The van der Waals surface area contributed by atoms with E-state index in [2.05, 4.69) is 47.7 Å². The van der Waals surface area contributed by atoms with Crippen molar-refractivity contribution in [1.82, 2.24) is 29.5 Å². The molecule has 9 nitrogen and oxygen atoms in total. The second kappa shape index (κ2) is 7.87. The molecule has 182 valence electrons. The molecule has 6 heterocycles. The Morgan fingerprint density at radius 1 is 1.14 bits per heavy atom. The van der Waals surface area contributed by atoms with E-state index in [1.54, 1.807) is 6.33 Å². The highest BCUT2D eigenvalue weighted by Gasteiger charge is 2.38. The van der Waals surface area contributed by atoms with Gasteiger partial charge in [-0.2, -0.15) is 5.10 Å². The molecule has 0 bridgehead atoms. The van der Waals surface area contributed by atoms with Crippen LogP contribution >= 0.6 is 0 Å². The minimum atomic E-state index is -2.86. The summed E-state index contributed by atoms with van der Waals surface area (Å²) in [5, 5.41) is 4.36. The molecular weight excluding hydrogens is 462 g/mol. The zero-order valence-electron chi connectivity index (χ0n) is 20.4. The number of H-pyrrole nitrogens is 1. The molecule has 2 fully saturated rings. The van der Waals surface area contributed by atoms with E-state index in [1.165, 1.54) is 5.56 Å². The number of nitrogens with one attached hydrogen (secondary N) is 1. The molecule has 6 rings (SSSR count). The average molecular weight is 492 g/mol. The van der Waals surface area contributed by atoms with E-state index in [0.29, 0.717) is 18.7 Å². The van der Waals surface area contributed by atoms with E-state index < -0.39 is 9.84 Å². The van der Waals surface area contributed by atoms with Gasteiger partial charge < -0.3 is 9.88 Å². The van der Waals surface area contributed by atoms with Crippen LogP contribution in [0.3, 0.4) is 0 Å². The summed E-state index contributed by atoms with van der Waals surface area (Å²) < 4.78 is 25.3. The highest BCUT2D eigenvalue weighted by atomic mass is 32.2. The fraction of sp³-hybridized carbons (Fsp3) is 0.440. The monoisotopic (exact) mass is 491 g/mol. The van der Waals surface area contributed by atoms with Gasteiger partial charge in [0.25, 0.3) is 0 Å². The Morgan fingerprint density at radius 2 is 1.91 bits per heavy atom. The van der Waals surface area contributed by atoms with E-state index in [-0.39, 0.29) is 23.5 Å². The molecule has 0 aromatic carbocycles. The molecule has 35 heavy (non-hydrogen) atoms. The number of fused-ring (bicyclic) bond motifs is 2. The molecule has 0 aliphatic carbocycles.